The lowest BCUT2D eigenvalue weighted by Gasteiger charge is -2.10. The molecule has 1 amide bonds. The van der Waals surface area contributed by atoms with Gasteiger partial charge >= 0.3 is 0 Å². The van der Waals surface area contributed by atoms with Crippen LogP contribution in [0.15, 0.2) is 0 Å². The van der Waals surface area contributed by atoms with Crippen LogP contribution >= 0.6 is 11.6 Å². The Morgan fingerprint density at radius 3 is 2.42 bits per heavy atom. The number of carbonyl (C=O) groups is 1. The fourth-order valence-electron chi connectivity index (χ4n) is 0.571. The summed E-state index contributed by atoms with van der Waals surface area (Å²) in [5.41, 5.74) is 0. The van der Waals surface area contributed by atoms with Crippen LogP contribution in [0.5, 0.6) is 0 Å². The van der Waals surface area contributed by atoms with Gasteiger partial charge in [-0.3, -0.25) is 4.79 Å². The molecule has 0 bridgehead atoms. The van der Waals surface area contributed by atoms with E-state index in [2.05, 4.69) is 10.0 Å². The van der Waals surface area contributed by atoms with E-state index in [0.717, 1.165) is 0 Å². The Labute approximate surface area is 76.5 Å². The van der Waals surface area contributed by atoms with Crippen molar-refractivity contribution in [3.05, 3.63) is 0 Å². The van der Waals surface area contributed by atoms with E-state index in [-0.39, 0.29) is 0 Å². The van der Waals surface area contributed by atoms with Crippen molar-refractivity contribution < 1.29 is 13.2 Å². The van der Waals surface area contributed by atoms with Crippen LogP contribution in [0.3, 0.4) is 0 Å². The molecule has 72 valence electrons. The molecule has 5 nitrogen and oxygen atoms in total. The zero-order valence-corrected chi connectivity index (χ0v) is 8.37. The Morgan fingerprint density at radius 2 is 2.08 bits per heavy atom. The summed E-state index contributed by atoms with van der Waals surface area (Å²) in [5, 5.41) is 1.76. The number of nitrogens with one attached hydrogen (secondary N) is 2. The minimum Gasteiger partial charge on any atom is -0.358 e. The Hall–Kier alpha value is -0.330. The van der Waals surface area contributed by atoms with Gasteiger partial charge in [-0.25, -0.2) is 13.1 Å². The molecule has 0 rings (SSSR count). The fraction of sp³-hybridized carbons (Fsp3) is 0.800. The van der Waals surface area contributed by atoms with E-state index in [0.29, 0.717) is 0 Å². The topological polar surface area (TPSA) is 75.3 Å². The van der Waals surface area contributed by atoms with Crippen molar-refractivity contribution in [1.82, 2.24) is 10.0 Å². The van der Waals surface area contributed by atoms with Crippen molar-refractivity contribution in [2.45, 2.75) is 13.0 Å². The van der Waals surface area contributed by atoms with E-state index in [1.54, 1.807) is 0 Å². The molecule has 1 atom stereocenters. The summed E-state index contributed by atoms with van der Waals surface area (Å²) >= 11 is 5.10. The second-order valence-electron chi connectivity index (χ2n) is 2.18. The molecule has 0 aliphatic heterocycles. The highest BCUT2D eigenvalue weighted by Crippen LogP contribution is 1.91. The summed E-state index contributed by atoms with van der Waals surface area (Å²) in [4.78, 5) is 10.8. The first kappa shape index (κ1) is 11.7. The van der Waals surface area contributed by atoms with Gasteiger partial charge in [-0.1, -0.05) is 0 Å². The quantitative estimate of drug-likeness (QED) is 0.604. The molecule has 1 unspecified atom stereocenters. The zero-order chi connectivity index (χ0) is 9.78. The van der Waals surface area contributed by atoms with Gasteiger partial charge in [-0.15, -0.1) is 11.6 Å². The van der Waals surface area contributed by atoms with Gasteiger partial charge in [-0.05, 0) is 6.92 Å². The van der Waals surface area contributed by atoms with Crippen LogP contribution in [0.1, 0.15) is 6.92 Å². The normalized spacial score (nSPS) is 13.9. The van der Waals surface area contributed by atoms with Crippen molar-refractivity contribution >= 4 is 27.5 Å². The summed E-state index contributed by atoms with van der Waals surface area (Å²) in [7, 11) is -2.09. The van der Waals surface area contributed by atoms with E-state index in [1.165, 1.54) is 14.0 Å². The molecule has 0 aromatic heterocycles. The van der Waals surface area contributed by atoms with Crippen molar-refractivity contribution in [3.8, 4) is 0 Å². The second kappa shape index (κ2) is 4.64. The van der Waals surface area contributed by atoms with Crippen LogP contribution in [0.25, 0.3) is 0 Å². The number of sulfonamides is 1. The number of rotatable bonds is 4. The molecular formula is C5H11ClN2O3S. The van der Waals surface area contributed by atoms with Crippen molar-refractivity contribution in [2.24, 2.45) is 0 Å². The Balaban J connectivity index is 4.19. The van der Waals surface area contributed by atoms with Gasteiger partial charge in [0.25, 0.3) is 0 Å². The highest BCUT2D eigenvalue weighted by molar-refractivity contribution is 7.90. The number of carbonyl (C=O) groups excluding carboxylic acids is 1. The molecular weight excluding hydrogens is 204 g/mol. The second-order valence-corrected chi connectivity index (χ2v) is 4.52. The number of likely N-dealkylation sites (N-methyl/N-ethyl adjacent to an activating group) is 1. The molecule has 0 spiro atoms. The summed E-state index contributed by atoms with van der Waals surface area (Å²) in [5.74, 6) is -0.399. The number of halogens is 1. The van der Waals surface area contributed by atoms with Gasteiger partial charge in [0.05, 0.1) is 6.04 Å². The van der Waals surface area contributed by atoms with Crippen LogP contribution < -0.4 is 10.0 Å². The summed E-state index contributed by atoms with van der Waals surface area (Å²) in [6, 6.07) is -0.793. The molecule has 0 fully saturated rings. The third-order valence-electron chi connectivity index (χ3n) is 1.14. The van der Waals surface area contributed by atoms with Crippen LogP contribution in [0.4, 0.5) is 0 Å². The van der Waals surface area contributed by atoms with E-state index >= 15 is 0 Å². The summed E-state index contributed by atoms with van der Waals surface area (Å²) in [6.45, 7) is 1.43. The van der Waals surface area contributed by atoms with Gasteiger partial charge in [0.2, 0.25) is 15.9 Å². The van der Waals surface area contributed by atoms with Crippen LogP contribution in [0, 0.1) is 0 Å². The molecule has 2 N–H and O–H groups in total. The van der Waals surface area contributed by atoms with Crippen molar-refractivity contribution in [1.29, 1.82) is 0 Å². The first-order valence-electron chi connectivity index (χ1n) is 3.20. The smallest absolute Gasteiger partial charge is 0.237 e. The van der Waals surface area contributed by atoms with Gasteiger partial charge in [0.15, 0.2) is 0 Å². The van der Waals surface area contributed by atoms with Crippen LogP contribution in [-0.4, -0.2) is 32.6 Å². The Morgan fingerprint density at radius 1 is 1.58 bits per heavy atom. The average molecular weight is 215 g/mol. The van der Waals surface area contributed by atoms with Crippen LogP contribution in [0.2, 0.25) is 0 Å². The number of hydrogen-bond acceptors (Lipinski definition) is 3. The van der Waals surface area contributed by atoms with Gasteiger partial charge < -0.3 is 5.32 Å². The van der Waals surface area contributed by atoms with Crippen molar-refractivity contribution in [2.75, 3.05) is 12.3 Å². The highest BCUT2D eigenvalue weighted by Gasteiger charge is 2.17. The predicted octanol–water partition coefficient (Wildman–Crippen LogP) is -0.763. The maximum atomic E-state index is 10.8. The third-order valence-corrected chi connectivity index (χ3v) is 3.00. The SMILES string of the molecule is CNC(=O)C(C)NS(=O)(=O)CCl. The predicted molar refractivity (Wildman–Crippen MR) is 46.3 cm³/mol. The molecule has 0 aromatic carbocycles. The van der Waals surface area contributed by atoms with E-state index in [4.69, 9.17) is 11.6 Å². The number of amides is 1. The van der Waals surface area contributed by atoms with E-state index in [9.17, 15) is 13.2 Å². The van der Waals surface area contributed by atoms with E-state index in [1.807, 2.05) is 0 Å². The largest absolute Gasteiger partial charge is 0.358 e. The highest BCUT2D eigenvalue weighted by atomic mass is 35.5. The Kier molecular flexibility index (Phi) is 4.51. The molecule has 0 aliphatic carbocycles. The number of hydrogen-bond donors (Lipinski definition) is 2. The zero-order valence-electron chi connectivity index (χ0n) is 6.80. The first-order chi connectivity index (χ1) is 5.43. The van der Waals surface area contributed by atoms with Crippen molar-refractivity contribution in [3.63, 3.8) is 0 Å². The third kappa shape index (κ3) is 3.89. The Bertz CT molecular complexity index is 251. The molecule has 0 saturated heterocycles. The molecule has 7 heteroatoms. The summed E-state index contributed by atoms with van der Waals surface area (Å²) < 4.78 is 23.7. The number of alkyl halides is 1. The monoisotopic (exact) mass is 214 g/mol. The molecule has 0 aromatic rings. The fourth-order valence-corrected chi connectivity index (χ4v) is 1.47. The molecule has 12 heavy (non-hydrogen) atoms. The lowest BCUT2D eigenvalue weighted by Crippen LogP contribution is -2.43. The first-order valence-corrected chi connectivity index (χ1v) is 5.39. The maximum absolute atomic E-state index is 10.8. The molecule has 0 radical (unpaired) electrons. The maximum Gasteiger partial charge on any atom is 0.237 e. The standard InChI is InChI=1S/C5H11ClN2O3S/c1-4(5(9)7-2)8-12(10,11)3-6/h4,8H,3H2,1-2H3,(H,7,9). The lowest BCUT2D eigenvalue weighted by atomic mass is 10.3. The average Bonchev–Trinajstić information content (AvgIpc) is 2.02. The van der Waals surface area contributed by atoms with E-state index < -0.39 is 27.2 Å². The molecule has 0 saturated carbocycles. The molecule has 0 aliphatic rings. The minimum absolute atomic E-state index is 0.399. The van der Waals surface area contributed by atoms with Gasteiger partial charge in [-0.2, -0.15) is 0 Å². The molecule has 0 heterocycles. The van der Waals surface area contributed by atoms with Gasteiger partial charge in [0, 0.05) is 7.05 Å². The lowest BCUT2D eigenvalue weighted by molar-refractivity contribution is -0.121. The van der Waals surface area contributed by atoms with Gasteiger partial charge in [0.1, 0.15) is 5.21 Å². The van der Waals surface area contributed by atoms with Crippen LogP contribution in [-0.2, 0) is 14.8 Å². The summed E-state index contributed by atoms with van der Waals surface area (Å²) in [6.07, 6.45) is 0. The minimum atomic E-state index is -3.52.